The van der Waals surface area contributed by atoms with Crippen molar-refractivity contribution >= 4 is 49.6 Å². The van der Waals surface area contributed by atoms with Gasteiger partial charge in [-0.2, -0.15) is 0 Å². The number of pyridine rings is 1. The first-order valence-electron chi connectivity index (χ1n) is 24.6. The van der Waals surface area contributed by atoms with E-state index in [0.717, 1.165) is 88.0 Å². The van der Waals surface area contributed by atoms with Gasteiger partial charge in [0.25, 0.3) is 21.6 Å². The highest BCUT2D eigenvalue weighted by molar-refractivity contribution is 7.90. The number of nitro benzene ring substituents is 1. The number of sulfonamides is 1. The second-order valence-electron chi connectivity index (χ2n) is 20.4. The number of anilines is 2. The SMILES string of the molecule is C=C(C)c1ccccc1[C@@H]1CCCN1C1CC2(CCN(c3ccc(C(=O)NS(=O)(=O)c4cc5c(c([N+](=O)[O-])c4)N[C@H](CN4CCN(C6COC6)[C@H](C)C4)CO5)c(Oc4cnc5[nH]ccc5c4)c3)CC2)C1. The van der Waals surface area contributed by atoms with Crippen molar-refractivity contribution in [1.82, 2.24) is 29.4 Å². The van der Waals surface area contributed by atoms with Crippen LogP contribution in [-0.2, 0) is 14.8 Å². The third kappa shape index (κ3) is 9.00. The molecule has 3 aromatic carbocycles. The van der Waals surface area contributed by atoms with Gasteiger partial charge in [0.15, 0.2) is 11.4 Å². The summed E-state index contributed by atoms with van der Waals surface area (Å²) in [6, 6.07) is 21.2. The van der Waals surface area contributed by atoms with Crippen molar-refractivity contribution in [3.63, 3.8) is 0 Å². The van der Waals surface area contributed by atoms with Gasteiger partial charge in [-0.3, -0.25) is 29.6 Å². The highest BCUT2D eigenvalue weighted by Gasteiger charge is 2.50. The number of hydrogen-bond donors (Lipinski definition) is 3. The lowest BCUT2D eigenvalue weighted by atomic mass is 9.59. The normalized spacial score (nSPS) is 23.2. The van der Waals surface area contributed by atoms with E-state index < -0.39 is 31.4 Å². The predicted octanol–water partition coefficient (Wildman–Crippen LogP) is 7.58. The zero-order valence-electron chi connectivity index (χ0n) is 39.8. The first kappa shape index (κ1) is 46.3. The number of likely N-dealkylation sites (tertiary alicyclic amines) is 1. The van der Waals surface area contributed by atoms with Gasteiger partial charge in [0.1, 0.15) is 23.8 Å². The van der Waals surface area contributed by atoms with Crippen molar-refractivity contribution in [2.45, 2.75) is 87.5 Å². The van der Waals surface area contributed by atoms with Crippen LogP contribution in [0.5, 0.6) is 17.2 Å². The standard InChI is InChI=1S/C52H61N9O8S/c1-33(2)42-7-4-5-8-43(42)45-9-6-16-60(45)38-25-52(26-38)13-17-58(18-14-52)37-10-11-44(47(22-37)69-40-21-35-12-15-53-50(35)54-27-40)51(62)56-70(65,66)41-23-46(61(63)64)49-48(24-41)68-30-36(55-49)29-57-19-20-59(34(3)28-57)39-31-67-32-39/h4-5,7-8,10-12,15,21-24,27,34,36,38-39,45,55H,1,6,9,13-14,16-20,25-26,28-32H2,2-3H3,(H,53,54)(H,56,62)/t34-,36-,45+/m1/s1. The number of rotatable bonds is 13. The Morgan fingerprint density at radius 1 is 0.986 bits per heavy atom. The fraction of sp³-hybridized carbons (Fsp3) is 0.462. The van der Waals surface area contributed by atoms with Crippen molar-refractivity contribution in [3.8, 4) is 17.2 Å². The molecule has 0 radical (unpaired) electrons. The minimum Gasteiger partial charge on any atom is -0.489 e. The summed E-state index contributed by atoms with van der Waals surface area (Å²) in [5.41, 5.74) is 5.17. The molecule has 5 aliphatic heterocycles. The van der Waals surface area contributed by atoms with Gasteiger partial charge in [-0.25, -0.2) is 18.1 Å². The van der Waals surface area contributed by atoms with Gasteiger partial charge in [0.2, 0.25) is 0 Å². The molecule has 1 amide bonds. The summed E-state index contributed by atoms with van der Waals surface area (Å²) < 4.78 is 48.1. The highest BCUT2D eigenvalue weighted by atomic mass is 32.2. The maximum atomic E-state index is 14.2. The molecule has 2 aromatic heterocycles. The third-order valence-corrected chi connectivity index (χ3v) is 17.1. The van der Waals surface area contributed by atoms with E-state index in [1.165, 1.54) is 42.9 Å². The maximum absolute atomic E-state index is 14.2. The molecule has 5 fully saturated rings. The number of piperazine rings is 1. The van der Waals surface area contributed by atoms with Crippen LogP contribution in [0.15, 0.2) is 90.6 Å². The van der Waals surface area contributed by atoms with E-state index in [1.807, 2.05) is 12.1 Å². The number of carbonyl (C=O) groups is 1. The number of carbonyl (C=O) groups excluding carboxylic acids is 1. The Labute approximate surface area is 408 Å². The zero-order chi connectivity index (χ0) is 48.3. The lowest BCUT2D eigenvalue weighted by Gasteiger charge is -2.56. The second kappa shape index (κ2) is 18.6. The molecule has 17 nitrogen and oxygen atoms in total. The van der Waals surface area contributed by atoms with Crippen LogP contribution in [0.1, 0.15) is 79.9 Å². The number of amides is 1. The molecule has 368 valence electrons. The average molecular weight is 972 g/mol. The molecular formula is C52H61N9O8S. The molecule has 7 heterocycles. The number of piperidine rings is 1. The Balaban J connectivity index is 0.781. The number of benzene rings is 3. The minimum atomic E-state index is -4.66. The minimum absolute atomic E-state index is 0.0211. The number of H-pyrrole nitrogens is 1. The molecule has 1 spiro atoms. The largest absolute Gasteiger partial charge is 0.489 e. The quantitative estimate of drug-likeness (QED) is 0.0774. The fourth-order valence-electron chi connectivity index (χ4n) is 12.0. The van der Waals surface area contributed by atoms with Crippen LogP contribution < -0.4 is 24.4 Å². The first-order valence-corrected chi connectivity index (χ1v) is 26.1. The van der Waals surface area contributed by atoms with Crippen LogP contribution in [0.2, 0.25) is 0 Å². The Kier molecular flexibility index (Phi) is 12.3. The van der Waals surface area contributed by atoms with Crippen LogP contribution in [0.25, 0.3) is 16.6 Å². The summed E-state index contributed by atoms with van der Waals surface area (Å²) in [6.45, 7) is 16.2. The Morgan fingerprint density at radius 2 is 1.80 bits per heavy atom. The number of nitro groups is 1. The second-order valence-corrected chi connectivity index (χ2v) is 22.1. The van der Waals surface area contributed by atoms with Crippen LogP contribution in [0.4, 0.5) is 17.1 Å². The maximum Gasteiger partial charge on any atom is 0.297 e. The number of aromatic nitrogens is 2. The van der Waals surface area contributed by atoms with E-state index in [0.29, 0.717) is 42.1 Å². The van der Waals surface area contributed by atoms with Crippen molar-refractivity contribution in [2.75, 3.05) is 75.9 Å². The fourth-order valence-corrected chi connectivity index (χ4v) is 13.0. The molecule has 1 aliphatic carbocycles. The number of ether oxygens (including phenoxy) is 3. The Morgan fingerprint density at radius 3 is 2.56 bits per heavy atom. The summed E-state index contributed by atoms with van der Waals surface area (Å²) >= 11 is 0. The van der Waals surface area contributed by atoms with Crippen LogP contribution >= 0.6 is 0 Å². The lowest BCUT2D eigenvalue weighted by Crippen LogP contribution is -2.61. The number of allylic oxidation sites excluding steroid dienone is 1. The van der Waals surface area contributed by atoms with Gasteiger partial charge in [0, 0.05) is 92.9 Å². The molecular weight excluding hydrogens is 911 g/mol. The Hall–Kier alpha value is -6.05. The monoisotopic (exact) mass is 971 g/mol. The van der Waals surface area contributed by atoms with Crippen LogP contribution in [-0.4, -0.2) is 134 Å². The van der Waals surface area contributed by atoms with Crippen molar-refractivity contribution in [2.24, 2.45) is 5.41 Å². The highest BCUT2D eigenvalue weighted by Crippen LogP contribution is 2.54. The van der Waals surface area contributed by atoms with E-state index in [4.69, 9.17) is 14.2 Å². The molecule has 0 unspecified atom stereocenters. The number of hydrogen-bond acceptors (Lipinski definition) is 14. The van der Waals surface area contributed by atoms with Gasteiger partial charge in [0.05, 0.1) is 46.9 Å². The van der Waals surface area contributed by atoms with Crippen molar-refractivity contribution < 1.29 is 32.3 Å². The molecule has 5 aromatic rings. The summed E-state index contributed by atoms with van der Waals surface area (Å²) in [5, 5.41) is 16.6. The zero-order valence-corrected chi connectivity index (χ0v) is 40.6. The number of fused-ring (bicyclic) bond motifs is 2. The molecule has 1 saturated carbocycles. The predicted molar refractivity (Wildman–Crippen MR) is 267 cm³/mol. The van der Waals surface area contributed by atoms with E-state index in [2.05, 4.69) is 84.3 Å². The molecule has 18 heteroatoms. The third-order valence-electron chi connectivity index (χ3n) is 15.8. The lowest BCUT2D eigenvalue weighted by molar-refractivity contribution is -0.384. The first-order chi connectivity index (χ1) is 33.8. The van der Waals surface area contributed by atoms with Gasteiger partial charge >= 0.3 is 0 Å². The van der Waals surface area contributed by atoms with E-state index >= 15 is 0 Å². The molecule has 0 bridgehead atoms. The number of nitrogens with zero attached hydrogens (tertiary/aromatic N) is 6. The van der Waals surface area contributed by atoms with E-state index in [9.17, 15) is 23.3 Å². The van der Waals surface area contributed by atoms with Gasteiger partial charge < -0.3 is 29.4 Å². The summed E-state index contributed by atoms with van der Waals surface area (Å²) in [6.07, 6.45) is 10.1. The molecule has 4 saturated heterocycles. The topological polar surface area (TPSA) is 188 Å². The smallest absolute Gasteiger partial charge is 0.297 e. The van der Waals surface area contributed by atoms with Crippen LogP contribution in [0, 0.1) is 15.5 Å². The summed E-state index contributed by atoms with van der Waals surface area (Å²) in [5.74, 6) is -0.434. The van der Waals surface area contributed by atoms with Gasteiger partial charge in [-0.1, -0.05) is 36.4 Å². The summed E-state index contributed by atoms with van der Waals surface area (Å²) in [7, 11) is -4.66. The number of aromatic amines is 1. The number of nitrogens with one attached hydrogen (secondary N) is 3. The van der Waals surface area contributed by atoms with E-state index in [1.54, 1.807) is 30.6 Å². The molecule has 70 heavy (non-hydrogen) atoms. The van der Waals surface area contributed by atoms with E-state index in [-0.39, 0.29) is 40.8 Å². The van der Waals surface area contributed by atoms with Crippen molar-refractivity contribution in [1.29, 1.82) is 0 Å². The Bertz CT molecular complexity index is 2940. The van der Waals surface area contributed by atoms with Gasteiger partial charge in [-0.15, -0.1) is 0 Å². The molecule has 6 aliphatic rings. The molecule has 3 atom stereocenters. The van der Waals surface area contributed by atoms with Crippen molar-refractivity contribution in [3.05, 3.63) is 113 Å². The summed E-state index contributed by atoms with van der Waals surface area (Å²) in [4.78, 5) is 42.9. The van der Waals surface area contributed by atoms with Gasteiger partial charge in [-0.05, 0) is 99.7 Å². The average Bonchev–Trinajstić information content (AvgIpc) is 4.01. The van der Waals surface area contributed by atoms with Crippen LogP contribution in [0.3, 0.4) is 0 Å². The molecule has 11 rings (SSSR count). The molecule has 3 N–H and O–H groups in total.